The van der Waals surface area contributed by atoms with Crippen LogP contribution in [0.4, 0.5) is 0 Å². The number of aryl methyl sites for hydroxylation is 2. The predicted molar refractivity (Wildman–Crippen MR) is 302 cm³/mol. The summed E-state index contributed by atoms with van der Waals surface area (Å²) in [5.41, 5.74) is 12.8. The minimum absolute atomic E-state index is 0. The van der Waals surface area contributed by atoms with Crippen LogP contribution in [0.3, 0.4) is 0 Å². The van der Waals surface area contributed by atoms with E-state index in [9.17, 15) is 0 Å². The van der Waals surface area contributed by atoms with Crippen LogP contribution in [0, 0.1) is 24.8 Å². The summed E-state index contributed by atoms with van der Waals surface area (Å²) in [6.45, 7) is 0. The van der Waals surface area contributed by atoms with Crippen LogP contribution in [0.25, 0.3) is 111 Å². The maximum Gasteiger partial charge on any atom is 0.242 e. The van der Waals surface area contributed by atoms with Crippen LogP contribution in [-0.2, 0) is 34.2 Å². The predicted octanol–water partition coefficient (Wildman–Crippen LogP) is 14.2. The smallest absolute Gasteiger partial charge is 0.242 e. The van der Waals surface area contributed by atoms with Crippen molar-refractivity contribution in [3.63, 3.8) is 0 Å². The van der Waals surface area contributed by atoms with E-state index >= 15 is 0 Å². The first-order chi connectivity index (χ1) is 37.1. The van der Waals surface area contributed by atoms with Gasteiger partial charge in [0.25, 0.3) is 0 Å². The molecule has 0 spiro atoms. The van der Waals surface area contributed by atoms with Crippen molar-refractivity contribution in [1.29, 1.82) is 0 Å². The first-order valence-corrected chi connectivity index (χ1v) is 24.9. The Bertz CT molecular complexity index is 3990. The molecule has 0 aliphatic carbocycles. The summed E-state index contributed by atoms with van der Waals surface area (Å²) < 4.78 is 8.53. The van der Waals surface area contributed by atoms with E-state index in [1.165, 1.54) is 21.5 Å². The molecule has 0 unspecified atom stereocenters. The van der Waals surface area contributed by atoms with Gasteiger partial charge in [0.2, 0.25) is 12.7 Å². The second-order valence-corrected chi connectivity index (χ2v) is 18.1. The molecular formula is C68H48IrN7-3. The molecular weight excluding hydrogens is 1110 g/mol. The summed E-state index contributed by atoms with van der Waals surface area (Å²) in [6.07, 6.45) is 10.6. The molecule has 8 heteroatoms. The van der Waals surface area contributed by atoms with Crippen LogP contribution in [0.2, 0.25) is 0 Å². The number of hydrogen-bond donors (Lipinski definition) is 0. The molecule has 0 fully saturated rings. The molecule has 1 radical (unpaired) electrons. The standard InChI is InChI=1S/2C30H21N2.C8H6N3.Ir/c2*1-31-21-32(28-20-24-16-8-9-17-25(24)26-18-10-11-19-27(26)28)30(23-14-6-3-7-15-23)29(31)22-12-4-2-5-13-22;1-2-5-9-7(3-1)8-4-6-10-11-8;/h2*2-19H,1H3;1-6H;/q3*-1;. The van der Waals surface area contributed by atoms with Crippen LogP contribution in [0.1, 0.15) is 0 Å². The van der Waals surface area contributed by atoms with Crippen molar-refractivity contribution in [3.8, 4) is 67.8 Å². The number of imidazole rings is 2. The minimum Gasteiger partial charge on any atom is -0.574 e. The Hall–Kier alpha value is -9.33. The second-order valence-electron chi connectivity index (χ2n) is 18.1. The fourth-order valence-electron chi connectivity index (χ4n) is 10.1. The van der Waals surface area contributed by atoms with Gasteiger partial charge in [-0.1, -0.05) is 221 Å². The Balaban J connectivity index is 0.000000134. The van der Waals surface area contributed by atoms with Gasteiger partial charge in [-0.2, -0.15) is 0 Å². The van der Waals surface area contributed by atoms with Gasteiger partial charge >= 0.3 is 0 Å². The second kappa shape index (κ2) is 22.0. The van der Waals surface area contributed by atoms with Crippen molar-refractivity contribution in [1.82, 2.24) is 24.3 Å². The quantitative estimate of drug-likeness (QED) is 0.0908. The molecule has 0 atom stereocenters. The molecule has 0 bridgehead atoms. The molecule has 76 heavy (non-hydrogen) atoms. The molecule has 4 heterocycles. The Morgan fingerprint density at radius 2 is 0.737 bits per heavy atom. The zero-order valence-corrected chi connectivity index (χ0v) is 44.1. The first kappa shape index (κ1) is 48.9. The van der Waals surface area contributed by atoms with Gasteiger partial charge in [0.1, 0.15) is 0 Å². The Kier molecular flexibility index (Phi) is 14.2. The molecule has 14 aromatic rings. The molecule has 0 N–H and O–H groups in total. The van der Waals surface area contributed by atoms with Crippen molar-refractivity contribution in [2.24, 2.45) is 14.1 Å². The SMILES string of the molecule is C[n+]1[c-]n(-c2[c-]c3ccccc3c3ccccc23)c(-c2ccccc2)c1-c1ccccc1.C[n+]1[c-]n(-c2[c-]c3ccccc3c3ccccc23)c(-c2ccccc2)c1-c1ccccc1.[Ir].c1ccc(-c2ccn[n-]2)nc1. The summed E-state index contributed by atoms with van der Waals surface area (Å²) in [6, 6.07) is 91.2. The Morgan fingerprint density at radius 3 is 1.13 bits per heavy atom. The topological polar surface area (TPSA) is 57.5 Å². The Labute approximate surface area is 455 Å². The third kappa shape index (κ3) is 9.55. The zero-order valence-electron chi connectivity index (χ0n) is 41.7. The van der Waals surface area contributed by atoms with Crippen LogP contribution in [-0.4, -0.2) is 19.2 Å². The zero-order chi connectivity index (χ0) is 50.5. The number of pyridine rings is 1. The van der Waals surface area contributed by atoms with Gasteiger partial charge in [-0.3, -0.25) is 4.98 Å². The van der Waals surface area contributed by atoms with Crippen LogP contribution in [0.5, 0.6) is 0 Å². The maximum atomic E-state index is 4.12. The first-order valence-electron chi connectivity index (χ1n) is 24.9. The van der Waals surface area contributed by atoms with Crippen LogP contribution in [0.15, 0.2) is 255 Å². The minimum atomic E-state index is 0. The molecule has 7 nitrogen and oxygen atoms in total. The van der Waals surface area contributed by atoms with Gasteiger partial charge in [-0.05, 0) is 45.8 Å². The molecule has 0 saturated carbocycles. The molecule has 367 valence electrons. The largest absolute Gasteiger partial charge is 0.574 e. The van der Waals surface area contributed by atoms with Crippen molar-refractivity contribution in [3.05, 3.63) is 280 Å². The van der Waals surface area contributed by atoms with Gasteiger partial charge < -0.3 is 28.5 Å². The molecule has 0 saturated heterocycles. The normalized spacial score (nSPS) is 10.9. The van der Waals surface area contributed by atoms with Crippen molar-refractivity contribution < 1.29 is 29.2 Å². The van der Waals surface area contributed by atoms with Gasteiger partial charge in [-0.25, -0.2) is 0 Å². The molecule has 0 aliphatic rings. The molecule has 4 aromatic heterocycles. The van der Waals surface area contributed by atoms with E-state index in [1.54, 1.807) is 12.4 Å². The van der Waals surface area contributed by atoms with E-state index in [-0.39, 0.29) is 20.1 Å². The fourth-order valence-corrected chi connectivity index (χ4v) is 10.1. The van der Waals surface area contributed by atoms with Gasteiger partial charge in [0.05, 0.1) is 36.9 Å². The average Bonchev–Trinajstić information content (AvgIpc) is 4.25. The van der Waals surface area contributed by atoms with E-state index in [2.05, 4.69) is 291 Å². The maximum absolute atomic E-state index is 4.12. The van der Waals surface area contributed by atoms with Crippen molar-refractivity contribution in [2.45, 2.75) is 0 Å². The van der Waals surface area contributed by atoms with Crippen LogP contribution < -0.4 is 14.2 Å². The van der Waals surface area contributed by atoms with Crippen molar-refractivity contribution >= 4 is 43.1 Å². The molecule has 0 amide bonds. The molecule has 0 aliphatic heterocycles. The number of benzene rings is 10. The number of rotatable bonds is 7. The van der Waals surface area contributed by atoms with Gasteiger partial charge in [0, 0.05) is 38.2 Å². The van der Waals surface area contributed by atoms with E-state index in [0.29, 0.717) is 0 Å². The summed E-state index contributed by atoms with van der Waals surface area (Å²) in [4.78, 5) is 4.12. The van der Waals surface area contributed by atoms with Gasteiger partial charge in [-0.15, -0.1) is 70.1 Å². The third-order valence-electron chi connectivity index (χ3n) is 13.4. The third-order valence-corrected chi connectivity index (χ3v) is 13.4. The summed E-state index contributed by atoms with van der Waals surface area (Å²) >= 11 is 0. The van der Waals surface area contributed by atoms with E-state index < -0.39 is 0 Å². The molecule has 10 aromatic carbocycles. The average molecular weight is 1160 g/mol. The Morgan fingerprint density at radius 1 is 0.368 bits per heavy atom. The van der Waals surface area contributed by atoms with E-state index in [1.807, 2.05) is 24.3 Å². The fraction of sp³-hybridized carbons (Fsp3) is 0.0294. The molecule has 14 rings (SSSR count). The summed E-state index contributed by atoms with van der Waals surface area (Å²) in [5.74, 6) is 0. The summed E-state index contributed by atoms with van der Waals surface area (Å²) in [7, 11) is 4.13. The number of aromatic nitrogens is 7. The van der Waals surface area contributed by atoms with Crippen molar-refractivity contribution in [2.75, 3.05) is 0 Å². The number of hydrogen-bond acceptors (Lipinski definition) is 2. The van der Waals surface area contributed by atoms with Gasteiger partial charge in [0.15, 0.2) is 0 Å². The number of fused-ring (bicyclic) bond motifs is 6. The van der Waals surface area contributed by atoms with E-state index in [0.717, 1.165) is 89.3 Å². The van der Waals surface area contributed by atoms with Crippen LogP contribution >= 0.6 is 0 Å². The monoisotopic (exact) mass is 1160 g/mol. The summed E-state index contributed by atoms with van der Waals surface area (Å²) in [5, 5.41) is 17.0. The number of nitrogens with zero attached hydrogens (tertiary/aromatic N) is 7. The van der Waals surface area contributed by atoms with E-state index in [4.69, 9.17) is 0 Å².